The minimum atomic E-state index is 0.0461. The van der Waals surface area contributed by atoms with Crippen LogP contribution in [0.15, 0.2) is 48.8 Å². The number of hydrogen-bond acceptors (Lipinski definition) is 4. The molecule has 150 valence electrons. The third kappa shape index (κ3) is 5.77. The number of amides is 1. The summed E-state index contributed by atoms with van der Waals surface area (Å²) in [5.41, 5.74) is 1.95. The predicted octanol–water partition coefficient (Wildman–Crippen LogP) is 3.53. The summed E-state index contributed by atoms with van der Waals surface area (Å²) >= 11 is 5.96. The van der Waals surface area contributed by atoms with Gasteiger partial charge in [0.05, 0.1) is 12.2 Å². The minimum absolute atomic E-state index is 0.0461. The highest BCUT2D eigenvalue weighted by molar-refractivity contribution is 6.30. The van der Waals surface area contributed by atoms with Crippen molar-refractivity contribution in [2.75, 3.05) is 39.9 Å². The van der Waals surface area contributed by atoms with Crippen LogP contribution in [0, 0.1) is 0 Å². The molecule has 1 saturated heterocycles. The number of benzene rings is 1. The molecule has 0 saturated carbocycles. The quantitative estimate of drug-likeness (QED) is 0.678. The first-order valence-electron chi connectivity index (χ1n) is 9.84. The molecular formula is C22H28ClN3O2. The summed E-state index contributed by atoms with van der Waals surface area (Å²) in [4.78, 5) is 21.5. The summed E-state index contributed by atoms with van der Waals surface area (Å²) in [5, 5.41) is 0.777. The van der Waals surface area contributed by atoms with E-state index < -0.39 is 0 Å². The Hall–Kier alpha value is -1.95. The Kier molecular flexibility index (Phi) is 7.83. The number of hydrogen-bond donors (Lipinski definition) is 0. The van der Waals surface area contributed by atoms with E-state index in [1.54, 1.807) is 25.6 Å². The van der Waals surface area contributed by atoms with Crippen LogP contribution in [0.2, 0.25) is 5.02 Å². The first-order valence-corrected chi connectivity index (χ1v) is 10.2. The predicted molar refractivity (Wildman–Crippen MR) is 112 cm³/mol. The second-order valence-corrected chi connectivity index (χ2v) is 7.62. The van der Waals surface area contributed by atoms with E-state index in [1.165, 1.54) is 5.56 Å². The maximum Gasteiger partial charge on any atom is 0.255 e. The van der Waals surface area contributed by atoms with Gasteiger partial charge in [0, 0.05) is 56.7 Å². The molecule has 5 nitrogen and oxygen atoms in total. The summed E-state index contributed by atoms with van der Waals surface area (Å²) in [7, 11) is 1.67. The number of aromatic nitrogens is 1. The first kappa shape index (κ1) is 20.8. The molecule has 2 aromatic rings. The van der Waals surface area contributed by atoms with Crippen molar-refractivity contribution >= 4 is 17.5 Å². The van der Waals surface area contributed by atoms with Gasteiger partial charge in [0.15, 0.2) is 0 Å². The Bertz CT molecular complexity index is 731. The minimum Gasteiger partial charge on any atom is -0.383 e. The van der Waals surface area contributed by atoms with E-state index in [9.17, 15) is 4.79 Å². The Morgan fingerprint density at radius 1 is 1.25 bits per heavy atom. The van der Waals surface area contributed by atoms with Crippen molar-refractivity contribution in [3.05, 3.63) is 64.9 Å². The molecule has 1 aromatic carbocycles. The van der Waals surface area contributed by atoms with E-state index in [4.69, 9.17) is 16.3 Å². The number of likely N-dealkylation sites (tertiary alicyclic amines) is 1. The van der Waals surface area contributed by atoms with Gasteiger partial charge in [0.2, 0.25) is 0 Å². The van der Waals surface area contributed by atoms with Gasteiger partial charge in [-0.3, -0.25) is 9.78 Å². The second-order valence-electron chi connectivity index (χ2n) is 7.18. The van der Waals surface area contributed by atoms with Crippen molar-refractivity contribution in [2.24, 2.45) is 0 Å². The van der Waals surface area contributed by atoms with Crippen molar-refractivity contribution in [2.45, 2.75) is 25.3 Å². The number of rotatable bonds is 8. The monoisotopic (exact) mass is 401 g/mol. The van der Waals surface area contributed by atoms with E-state index in [-0.39, 0.29) is 11.9 Å². The van der Waals surface area contributed by atoms with Crippen LogP contribution in [-0.2, 0) is 11.2 Å². The smallest absolute Gasteiger partial charge is 0.255 e. The molecule has 6 heteroatoms. The number of ether oxygens (including phenoxy) is 1. The third-order valence-corrected chi connectivity index (χ3v) is 5.59. The van der Waals surface area contributed by atoms with Crippen LogP contribution in [0.5, 0.6) is 0 Å². The molecule has 1 aromatic heterocycles. The number of nitrogens with zero attached hydrogens (tertiary/aromatic N) is 3. The van der Waals surface area contributed by atoms with Gasteiger partial charge in [-0.15, -0.1) is 0 Å². The Morgan fingerprint density at radius 2 is 2.00 bits per heavy atom. The van der Waals surface area contributed by atoms with Crippen LogP contribution in [-0.4, -0.2) is 66.6 Å². The van der Waals surface area contributed by atoms with Crippen LogP contribution in [0.3, 0.4) is 0 Å². The molecule has 0 aliphatic carbocycles. The Morgan fingerprint density at radius 3 is 2.64 bits per heavy atom. The van der Waals surface area contributed by atoms with E-state index in [1.807, 2.05) is 23.1 Å². The van der Waals surface area contributed by atoms with E-state index in [0.29, 0.717) is 18.7 Å². The molecule has 1 fully saturated rings. The Labute approximate surface area is 172 Å². The van der Waals surface area contributed by atoms with E-state index in [2.05, 4.69) is 22.0 Å². The lowest BCUT2D eigenvalue weighted by molar-refractivity contribution is 0.0486. The number of piperidine rings is 1. The highest BCUT2D eigenvalue weighted by atomic mass is 35.5. The van der Waals surface area contributed by atoms with Crippen molar-refractivity contribution in [3.8, 4) is 0 Å². The molecule has 1 aliphatic rings. The molecule has 0 atom stereocenters. The van der Waals surface area contributed by atoms with Crippen molar-refractivity contribution in [3.63, 3.8) is 0 Å². The van der Waals surface area contributed by atoms with Gasteiger partial charge in [-0.25, -0.2) is 0 Å². The molecule has 0 radical (unpaired) electrons. The van der Waals surface area contributed by atoms with Gasteiger partial charge >= 0.3 is 0 Å². The lowest BCUT2D eigenvalue weighted by Gasteiger charge is -2.38. The summed E-state index contributed by atoms with van der Waals surface area (Å²) in [6.45, 7) is 4.19. The number of halogens is 1. The van der Waals surface area contributed by atoms with Crippen LogP contribution >= 0.6 is 11.6 Å². The van der Waals surface area contributed by atoms with Crippen LogP contribution in [0.25, 0.3) is 0 Å². The van der Waals surface area contributed by atoms with Crippen molar-refractivity contribution < 1.29 is 9.53 Å². The fourth-order valence-electron chi connectivity index (χ4n) is 3.69. The maximum absolute atomic E-state index is 13.0. The van der Waals surface area contributed by atoms with Crippen molar-refractivity contribution in [1.29, 1.82) is 0 Å². The molecule has 1 amide bonds. The Balaban J connectivity index is 1.54. The van der Waals surface area contributed by atoms with Gasteiger partial charge < -0.3 is 14.5 Å². The molecule has 0 N–H and O–H groups in total. The van der Waals surface area contributed by atoms with Crippen molar-refractivity contribution in [1.82, 2.24) is 14.8 Å². The average molecular weight is 402 g/mol. The summed E-state index contributed by atoms with van der Waals surface area (Å²) in [6, 6.07) is 12.0. The lowest BCUT2D eigenvalue weighted by atomic mass is 10.0. The largest absolute Gasteiger partial charge is 0.383 e. The summed E-state index contributed by atoms with van der Waals surface area (Å²) in [5.74, 6) is 0.0461. The summed E-state index contributed by atoms with van der Waals surface area (Å²) < 4.78 is 5.24. The van der Waals surface area contributed by atoms with Crippen LogP contribution in [0.4, 0.5) is 0 Å². The fraction of sp³-hybridized carbons (Fsp3) is 0.455. The molecule has 2 heterocycles. The lowest BCUT2D eigenvalue weighted by Crippen LogP contribution is -2.48. The number of carbonyl (C=O) groups excluding carboxylic acids is 1. The molecule has 0 spiro atoms. The van der Waals surface area contributed by atoms with E-state index >= 15 is 0 Å². The maximum atomic E-state index is 13.0. The number of pyridine rings is 1. The third-order valence-electron chi connectivity index (χ3n) is 5.33. The van der Waals surface area contributed by atoms with Gasteiger partial charge in [0.25, 0.3) is 5.91 Å². The van der Waals surface area contributed by atoms with Crippen LogP contribution < -0.4 is 0 Å². The molecule has 0 bridgehead atoms. The van der Waals surface area contributed by atoms with Crippen LogP contribution in [0.1, 0.15) is 28.8 Å². The zero-order valence-electron chi connectivity index (χ0n) is 16.4. The SMILES string of the molecule is COCCN(C(=O)c1cccnc1)C1CCN(CCc2ccc(Cl)cc2)CC1. The van der Waals surface area contributed by atoms with Gasteiger partial charge in [-0.1, -0.05) is 23.7 Å². The fourth-order valence-corrected chi connectivity index (χ4v) is 3.81. The zero-order valence-corrected chi connectivity index (χ0v) is 17.1. The van der Waals surface area contributed by atoms with Gasteiger partial charge in [0.1, 0.15) is 0 Å². The topological polar surface area (TPSA) is 45.7 Å². The van der Waals surface area contributed by atoms with Gasteiger partial charge in [-0.2, -0.15) is 0 Å². The second kappa shape index (κ2) is 10.6. The zero-order chi connectivity index (χ0) is 19.8. The molecule has 3 rings (SSSR count). The number of carbonyl (C=O) groups is 1. The molecule has 1 aliphatic heterocycles. The molecule has 28 heavy (non-hydrogen) atoms. The highest BCUT2D eigenvalue weighted by Crippen LogP contribution is 2.19. The highest BCUT2D eigenvalue weighted by Gasteiger charge is 2.28. The summed E-state index contributed by atoms with van der Waals surface area (Å²) in [6.07, 6.45) is 6.31. The normalized spacial score (nSPS) is 15.5. The van der Waals surface area contributed by atoms with Gasteiger partial charge in [-0.05, 0) is 49.1 Å². The standard InChI is InChI=1S/C22H28ClN3O2/c1-28-16-15-26(22(27)19-3-2-11-24-17-19)21-9-13-25(14-10-21)12-8-18-4-6-20(23)7-5-18/h2-7,11,17,21H,8-10,12-16H2,1H3. The molecule has 0 unspecified atom stereocenters. The molecular weight excluding hydrogens is 374 g/mol. The average Bonchev–Trinajstić information content (AvgIpc) is 2.75. The van der Waals surface area contributed by atoms with E-state index in [0.717, 1.165) is 43.9 Å². The number of methoxy groups -OCH3 is 1. The first-order chi connectivity index (χ1) is 13.7.